The van der Waals surface area contributed by atoms with E-state index in [1.165, 1.54) is 11.1 Å². The summed E-state index contributed by atoms with van der Waals surface area (Å²) in [6.07, 6.45) is 0. The van der Waals surface area contributed by atoms with Crippen LogP contribution in [0.3, 0.4) is 0 Å². The van der Waals surface area contributed by atoms with E-state index in [2.05, 4.69) is 103 Å². The van der Waals surface area contributed by atoms with E-state index in [0.717, 1.165) is 9.52 Å². The average molecular weight is 428 g/mol. The van der Waals surface area contributed by atoms with Gasteiger partial charge in [0.15, 0.2) is 0 Å². The summed E-state index contributed by atoms with van der Waals surface area (Å²) in [6.45, 7) is 17.8. The Morgan fingerprint density at radius 1 is 0.609 bits per heavy atom. The molecule has 0 atom stereocenters. The minimum atomic E-state index is 0. The summed E-state index contributed by atoms with van der Waals surface area (Å²) in [7, 11) is 0.750. The van der Waals surface area contributed by atoms with Gasteiger partial charge in [-0.2, -0.15) is 35.4 Å². The average Bonchev–Trinajstić information content (AvgIpc) is 3.03. The summed E-state index contributed by atoms with van der Waals surface area (Å²) in [4.78, 5) is 0. The minimum absolute atomic E-state index is 0. The second kappa shape index (κ2) is 13.4. The van der Waals surface area contributed by atoms with Crippen LogP contribution in [0.15, 0.2) is 48.5 Å². The van der Waals surface area contributed by atoms with Gasteiger partial charge in [-0.15, -0.1) is 0 Å². The normalized spacial score (nSPS) is 10.1. The van der Waals surface area contributed by atoms with Gasteiger partial charge in [-0.3, -0.25) is 0 Å². The fourth-order valence-electron chi connectivity index (χ4n) is 1.75. The van der Waals surface area contributed by atoms with Crippen molar-refractivity contribution in [1.82, 2.24) is 0 Å². The van der Waals surface area contributed by atoms with Crippen molar-refractivity contribution in [2.24, 2.45) is 0 Å². The molecule has 23 heavy (non-hydrogen) atoms. The number of halogens is 1. The van der Waals surface area contributed by atoms with E-state index >= 15 is 0 Å². The van der Waals surface area contributed by atoms with Gasteiger partial charge in [0.1, 0.15) is 0 Å². The van der Waals surface area contributed by atoms with Gasteiger partial charge in [-0.25, -0.2) is 24.3 Å². The maximum Gasteiger partial charge on any atom is 3.00 e. The molecule has 2 aromatic rings. The van der Waals surface area contributed by atoms with Crippen LogP contribution in [0.5, 0.6) is 0 Å². The van der Waals surface area contributed by atoms with Crippen molar-refractivity contribution in [3.05, 3.63) is 59.7 Å². The molecule has 2 aromatic carbocycles. The van der Waals surface area contributed by atoms with E-state index in [4.69, 9.17) is 0 Å². The van der Waals surface area contributed by atoms with Gasteiger partial charge in [-0.05, 0) is 0 Å². The Kier molecular flexibility index (Phi) is 16.3. The summed E-state index contributed by atoms with van der Waals surface area (Å²) < 4.78 is 0. The molecule has 0 aliphatic rings. The molecule has 0 amide bonds. The van der Waals surface area contributed by atoms with Crippen LogP contribution < -0.4 is 12.4 Å². The van der Waals surface area contributed by atoms with Crippen LogP contribution in [0.25, 0.3) is 0 Å². The Morgan fingerprint density at radius 2 is 0.783 bits per heavy atom. The molecule has 0 nitrogen and oxygen atoms in total. The quantitative estimate of drug-likeness (QED) is 0.447. The number of hydrogen-bond donors (Lipinski definition) is 0. The third-order valence-corrected chi connectivity index (χ3v) is 3.06. The van der Waals surface area contributed by atoms with Gasteiger partial charge >= 0.3 is 26.2 Å². The zero-order valence-electron chi connectivity index (χ0n) is 16.1. The molecular formula is C20H33ClSiZr. The molecule has 0 heterocycles. The van der Waals surface area contributed by atoms with Crippen LogP contribution in [0.4, 0.5) is 0 Å². The minimum Gasteiger partial charge on any atom is -1.00 e. The van der Waals surface area contributed by atoms with Gasteiger partial charge in [0.05, 0.1) is 0 Å². The van der Waals surface area contributed by atoms with Gasteiger partial charge in [-0.1, -0.05) is 65.5 Å². The summed E-state index contributed by atoms with van der Waals surface area (Å²) >= 11 is 0. The van der Waals surface area contributed by atoms with Gasteiger partial charge in [0, 0.05) is 9.52 Å². The first-order valence-electron chi connectivity index (χ1n) is 7.81. The molecule has 0 saturated heterocycles. The molecule has 0 bridgehead atoms. The van der Waals surface area contributed by atoms with Crippen LogP contribution in [0.1, 0.15) is 52.7 Å². The molecule has 2 rings (SSSR count). The van der Waals surface area contributed by atoms with Crippen molar-refractivity contribution >= 4 is 9.52 Å². The van der Waals surface area contributed by atoms with E-state index in [0.29, 0.717) is 10.8 Å². The Balaban J connectivity index is -0.000000277. The zero-order chi connectivity index (χ0) is 16.5. The molecule has 128 valence electrons. The summed E-state index contributed by atoms with van der Waals surface area (Å²) in [5, 5.41) is 0. The van der Waals surface area contributed by atoms with E-state index < -0.39 is 0 Å². The van der Waals surface area contributed by atoms with Crippen molar-refractivity contribution < 1.29 is 38.6 Å². The second-order valence-electron chi connectivity index (χ2n) is 7.42. The molecule has 0 aromatic heterocycles. The monoisotopic (exact) mass is 426 g/mol. The molecule has 0 unspecified atom stereocenters. The van der Waals surface area contributed by atoms with Crippen LogP contribution in [-0.2, 0) is 37.0 Å². The predicted octanol–water partition coefficient (Wildman–Crippen LogP) is 2.93. The van der Waals surface area contributed by atoms with Gasteiger partial charge < -0.3 is 12.4 Å². The van der Waals surface area contributed by atoms with Crippen molar-refractivity contribution in [2.45, 2.75) is 65.5 Å². The van der Waals surface area contributed by atoms with Gasteiger partial charge in [0.25, 0.3) is 0 Å². The largest absolute Gasteiger partial charge is 3.00 e. The summed E-state index contributed by atoms with van der Waals surface area (Å²) in [5.74, 6) is 0. The fraction of sp³-hybridized carbons (Fsp3) is 0.500. The Hall–Kier alpha value is 0.0900. The molecule has 0 aliphatic carbocycles. The molecule has 0 N–H and O–H groups in total. The molecular weight excluding hydrogens is 395 g/mol. The molecule has 3 heteroatoms. The predicted molar refractivity (Wildman–Crippen MR) is 100 cm³/mol. The maximum absolute atomic E-state index is 2.22. The first-order chi connectivity index (χ1) is 9.62. The van der Waals surface area contributed by atoms with E-state index in [-0.39, 0.29) is 38.6 Å². The van der Waals surface area contributed by atoms with Crippen LogP contribution >= 0.6 is 0 Å². The molecule has 0 aliphatic heterocycles. The van der Waals surface area contributed by atoms with E-state index in [1.807, 2.05) is 0 Å². The van der Waals surface area contributed by atoms with E-state index in [9.17, 15) is 0 Å². The van der Waals surface area contributed by atoms with Crippen LogP contribution in [0.2, 0.25) is 13.1 Å². The summed E-state index contributed by atoms with van der Waals surface area (Å²) in [5.41, 5.74) is 3.48. The van der Waals surface area contributed by atoms with Crippen LogP contribution in [0, 0.1) is 0 Å². The third kappa shape index (κ3) is 13.1. The molecule has 0 saturated carbocycles. The first-order valence-corrected chi connectivity index (χ1v) is 10.1. The SMILES string of the molecule is CC(C)(C)[c-]1cccc1.CC(C)(C)[c-]1cccc1.C[SiH]C.[Cl-].[Zr+3]. The Labute approximate surface area is 172 Å². The van der Waals surface area contributed by atoms with Crippen molar-refractivity contribution in [1.29, 1.82) is 0 Å². The first kappa shape index (κ1) is 27.9. The zero-order valence-corrected chi connectivity index (χ0v) is 20.4. The topological polar surface area (TPSA) is 0 Å². The Morgan fingerprint density at radius 3 is 0.870 bits per heavy atom. The third-order valence-electron chi connectivity index (χ3n) is 3.06. The van der Waals surface area contributed by atoms with Gasteiger partial charge in [0.2, 0.25) is 0 Å². The fourth-order valence-corrected chi connectivity index (χ4v) is 1.75. The van der Waals surface area contributed by atoms with E-state index in [1.54, 1.807) is 0 Å². The maximum atomic E-state index is 2.22. The number of hydrogen-bond acceptors (Lipinski definition) is 0. The van der Waals surface area contributed by atoms with Crippen LogP contribution in [-0.4, -0.2) is 9.52 Å². The smallest absolute Gasteiger partial charge is 1.00 e. The number of rotatable bonds is 0. The molecule has 2 radical (unpaired) electrons. The van der Waals surface area contributed by atoms with Crippen molar-refractivity contribution in [2.75, 3.05) is 0 Å². The summed E-state index contributed by atoms with van der Waals surface area (Å²) in [6, 6.07) is 17.0. The molecule has 0 spiro atoms. The standard InChI is InChI=1S/2C9H13.C2H7Si.ClH.Zr/c2*1-9(2,3)8-6-4-5-7-8;1-3-2;;/h2*4-7H,1-3H3;3H,1-2H3;1H;/q2*-1;;;+3/p-1. The second-order valence-corrected chi connectivity index (χ2v) is 8.58. The van der Waals surface area contributed by atoms with Crippen molar-refractivity contribution in [3.63, 3.8) is 0 Å². The Bertz CT molecular complexity index is 401. The molecule has 0 fully saturated rings. The van der Waals surface area contributed by atoms with Crippen molar-refractivity contribution in [3.8, 4) is 0 Å².